The van der Waals surface area contributed by atoms with Crippen molar-refractivity contribution in [1.82, 2.24) is 9.62 Å². The van der Waals surface area contributed by atoms with Crippen LogP contribution in [0.1, 0.15) is 39.0 Å². The van der Waals surface area contributed by atoms with E-state index in [-0.39, 0.29) is 18.7 Å². The highest BCUT2D eigenvalue weighted by Crippen LogP contribution is 2.22. The first-order chi connectivity index (χ1) is 9.38. The van der Waals surface area contributed by atoms with E-state index in [9.17, 15) is 18.0 Å². The molecule has 1 amide bonds. The van der Waals surface area contributed by atoms with Crippen molar-refractivity contribution >= 4 is 21.9 Å². The first-order valence-electron chi connectivity index (χ1n) is 6.87. The Balaban J connectivity index is 2.60. The van der Waals surface area contributed by atoms with Crippen LogP contribution in [0.15, 0.2) is 0 Å². The van der Waals surface area contributed by atoms with E-state index < -0.39 is 27.9 Å². The van der Waals surface area contributed by atoms with Crippen LogP contribution in [0.25, 0.3) is 0 Å². The minimum atomic E-state index is -3.40. The molecule has 0 aromatic rings. The third kappa shape index (κ3) is 4.75. The van der Waals surface area contributed by atoms with Crippen LogP contribution in [-0.4, -0.2) is 54.6 Å². The number of hydrogen-bond acceptors (Lipinski definition) is 4. The topological polar surface area (TPSA) is 104 Å². The maximum Gasteiger partial charge on any atom is 0.305 e. The second-order valence-corrected chi connectivity index (χ2v) is 6.91. The van der Waals surface area contributed by atoms with E-state index in [2.05, 4.69) is 5.32 Å². The van der Waals surface area contributed by atoms with Gasteiger partial charge in [-0.05, 0) is 19.3 Å². The second kappa shape index (κ2) is 7.58. The van der Waals surface area contributed by atoms with Gasteiger partial charge >= 0.3 is 5.97 Å². The molecule has 20 heavy (non-hydrogen) atoms. The second-order valence-electron chi connectivity index (χ2n) is 4.87. The first-order valence-corrected chi connectivity index (χ1v) is 8.48. The van der Waals surface area contributed by atoms with Gasteiger partial charge in [-0.25, -0.2) is 8.42 Å². The monoisotopic (exact) mass is 306 g/mol. The molecule has 1 unspecified atom stereocenters. The Morgan fingerprint density at radius 3 is 2.70 bits per heavy atom. The third-order valence-corrected chi connectivity index (χ3v) is 5.21. The fraction of sp³-hybridized carbons (Fsp3) is 0.833. The van der Waals surface area contributed by atoms with Crippen LogP contribution in [0.2, 0.25) is 0 Å². The summed E-state index contributed by atoms with van der Waals surface area (Å²) in [7, 11) is -3.40. The van der Waals surface area contributed by atoms with Crippen LogP contribution in [-0.2, 0) is 19.6 Å². The molecule has 1 atom stereocenters. The molecule has 1 rings (SSSR count). The fourth-order valence-electron chi connectivity index (χ4n) is 2.19. The summed E-state index contributed by atoms with van der Waals surface area (Å²) < 4.78 is 25.5. The fourth-order valence-corrected chi connectivity index (χ4v) is 4.07. The zero-order valence-corrected chi connectivity index (χ0v) is 12.5. The van der Waals surface area contributed by atoms with Crippen LogP contribution in [0.4, 0.5) is 0 Å². The Kier molecular flexibility index (Phi) is 6.41. The molecule has 8 heteroatoms. The number of hydrogen-bond donors (Lipinski definition) is 2. The predicted molar refractivity (Wildman–Crippen MR) is 73.7 cm³/mol. The van der Waals surface area contributed by atoms with Gasteiger partial charge in [-0.1, -0.05) is 13.3 Å². The van der Waals surface area contributed by atoms with Crippen molar-refractivity contribution in [2.75, 3.05) is 18.8 Å². The first kappa shape index (κ1) is 16.9. The van der Waals surface area contributed by atoms with Crippen molar-refractivity contribution in [1.29, 1.82) is 0 Å². The summed E-state index contributed by atoms with van der Waals surface area (Å²) in [4.78, 5) is 22.3. The Labute approximate surface area is 119 Å². The Morgan fingerprint density at radius 2 is 2.10 bits per heavy atom. The Hall–Kier alpha value is -1.15. The van der Waals surface area contributed by atoms with Gasteiger partial charge in [0.1, 0.15) is 6.04 Å². The van der Waals surface area contributed by atoms with Gasteiger partial charge in [-0.15, -0.1) is 0 Å². The molecule has 0 aliphatic carbocycles. The SMILES string of the molecule is CCCCS(=O)(=O)N1CCCC1C(=O)NCCC(=O)O. The average Bonchev–Trinajstić information content (AvgIpc) is 2.86. The van der Waals surface area contributed by atoms with E-state index in [1.807, 2.05) is 6.92 Å². The molecule has 1 aliphatic heterocycles. The Morgan fingerprint density at radius 1 is 1.40 bits per heavy atom. The molecule has 1 heterocycles. The van der Waals surface area contributed by atoms with E-state index in [1.165, 1.54) is 4.31 Å². The van der Waals surface area contributed by atoms with Crippen LogP contribution in [0.3, 0.4) is 0 Å². The number of unbranched alkanes of at least 4 members (excludes halogenated alkanes) is 1. The minimum Gasteiger partial charge on any atom is -0.481 e. The largest absolute Gasteiger partial charge is 0.481 e. The van der Waals surface area contributed by atoms with Gasteiger partial charge < -0.3 is 10.4 Å². The van der Waals surface area contributed by atoms with Gasteiger partial charge in [0, 0.05) is 13.1 Å². The average molecular weight is 306 g/mol. The maximum absolute atomic E-state index is 12.1. The molecule has 7 nitrogen and oxygen atoms in total. The van der Waals surface area contributed by atoms with Gasteiger partial charge in [0.25, 0.3) is 0 Å². The van der Waals surface area contributed by atoms with E-state index in [0.29, 0.717) is 25.8 Å². The normalized spacial score (nSPS) is 19.9. The van der Waals surface area contributed by atoms with E-state index in [1.54, 1.807) is 0 Å². The minimum absolute atomic E-state index is 0.0213. The highest BCUT2D eigenvalue weighted by molar-refractivity contribution is 7.89. The molecule has 0 bridgehead atoms. The van der Waals surface area contributed by atoms with Crippen LogP contribution in [0.5, 0.6) is 0 Å². The number of carboxylic acid groups (broad SMARTS) is 1. The number of aliphatic carboxylic acids is 1. The number of nitrogens with zero attached hydrogens (tertiary/aromatic N) is 1. The van der Waals surface area contributed by atoms with Gasteiger partial charge in [-0.3, -0.25) is 9.59 Å². The number of rotatable bonds is 8. The van der Waals surface area contributed by atoms with Crippen molar-refractivity contribution in [3.8, 4) is 0 Å². The summed E-state index contributed by atoms with van der Waals surface area (Å²) in [6, 6.07) is -0.689. The molecule has 0 aromatic heterocycles. The number of carboxylic acids is 1. The lowest BCUT2D eigenvalue weighted by Crippen LogP contribution is -2.46. The Bertz CT molecular complexity index is 449. The summed E-state index contributed by atoms with van der Waals surface area (Å²) in [5.41, 5.74) is 0. The number of carbonyl (C=O) groups is 2. The molecule has 0 radical (unpaired) electrons. The summed E-state index contributed by atoms with van der Waals surface area (Å²) in [6.07, 6.45) is 2.34. The molecule has 0 aromatic carbocycles. The predicted octanol–water partition coefficient (Wildman–Crippen LogP) is 0.172. The molecule has 1 saturated heterocycles. The van der Waals surface area contributed by atoms with E-state index in [0.717, 1.165) is 6.42 Å². The van der Waals surface area contributed by atoms with Crippen LogP contribution < -0.4 is 5.32 Å². The lowest BCUT2D eigenvalue weighted by molar-refractivity contribution is -0.137. The van der Waals surface area contributed by atoms with Gasteiger partial charge in [0.05, 0.1) is 12.2 Å². The molecular formula is C12H22N2O5S. The lowest BCUT2D eigenvalue weighted by atomic mass is 10.2. The number of amides is 1. The standard InChI is InChI=1S/C12H22N2O5S/c1-2-3-9-20(18,19)14-8-4-5-10(14)12(17)13-7-6-11(15)16/h10H,2-9H2,1H3,(H,13,17)(H,15,16). The highest BCUT2D eigenvalue weighted by atomic mass is 32.2. The van der Waals surface area contributed by atoms with Gasteiger partial charge in [0.2, 0.25) is 15.9 Å². The van der Waals surface area contributed by atoms with Crippen molar-refractivity contribution in [3.05, 3.63) is 0 Å². The number of carbonyl (C=O) groups excluding carboxylic acids is 1. The maximum atomic E-state index is 12.1. The zero-order chi connectivity index (χ0) is 15.2. The van der Waals surface area contributed by atoms with Crippen LogP contribution >= 0.6 is 0 Å². The number of sulfonamides is 1. The zero-order valence-electron chi connectivity index (χ0n) is 11.7. The van der Waals surface area contributed by atoms with E-state index >= 15 is 0 Å². The quantitative estimate of drug-likeness (QED) is 0.665. The number of nitrogens with one attached hydrogen (secondary N) is 1. The molecular weight excluding hydrogens is 284 g/mol. The smallest absolute Gasteiger partial charge is 0.305 e. The molecule has 0 spiro atoms. The van der Waals surface area contributed by atoms with Gasteiger partial charge in [0.15, 0.2) is 0 Å². The third-order valence-electron chi connectivity index (χ3n) is 3.26. The van der Waals surface area contributed by atoms with Crippen molar-refractivity contribution in [3.63, 3.8) is 0 Å². The highest BCUT2D eigenvalue weighted by Gasteiger charge is 2.37. The van der Waals surface area contributed by atoms with Crippen molar-refractivity contribution in [2.45, 2.75) is 45.1 Å². The van der Waals surface area contributed by atoms with Crippen LogP contribution in [0, 0.1) is 0 Å². The van der Waals surface area contributed by atoms with Gasteiger partial charge in [-0.2, -0.15) is 4.31 Å². The van der Waals surface area contributed by atoms with E-state index in [4.69, 9.17) is 5.11 Å². The summed E-state index contributed by atoms with van der Waals surface area (Å²) in [5.74, 6) is -1.34. The molecule has 1 aliphatic rings. The molecule has 1 fully saturated rings. The molecule has 2 N–H and O–H groups in total. The lowest BCUT2D eigenvalue weighted by Gasteiger charge is -2.23. The van der Waals surface area contributed by atoms with Crippen molar-refractivity contribution in [2.24, 2.45) is 0 Å². The summed E-state index contributed by atoms with van der Waals surface area (Å²) >= 11 is 0. The molecule has 0 saturated carbocycles. The van der Waals surface area contributed by atoms with Crippen molar-refractivity contribution < 1.29 is 23.1 Å². The summed E-state index contributed by atoms with van der Waals surface area (Å²) in [6.45, 7) is 2.30. The molecule has 116 valence electrons. The summed E-state index contributed by atoms with van der Waals surface area (Å²) in [5, 5.41) is 11.0.